The first kappa shape index (κ1) is 13.3. The fraction of sp³-hybridized carbons (Fsp3) is 0.643. The molecule has 2 rings (SSSR count). The fourth-order valence-corrected chi connectivity index (χ4v) is 2.47. The van der Waals surface area contributed by atoms with Crippen LogP contribution in [0.5, 0.6) is 0 Å². The van der Waals surface area contributed by atoms with Crippen molar-refractivity contribution in [2.75, 3.05) is 25.0 Å². The molecular formula is C14H23N3O. The maximum atomic E-state index is 9.32. The van der Waals surface area contributed by atoms with Crippen molar-refractivity contribution >= 4 is 5.82 Å². The van der Waals surface area contributed by atoms with Gasteiger partial charge in [0.1, 0.15) is 5.82 Å². The van der Waals surface area contributed by atoms with Crippen LogP contribution < -0.4 is 5.32 Å². The number of aromatic nitrogens is 1. The van der Waals surface area contributed by atoms with Crippen LogP contribution in [0.15, 0.2) is 18.3 Å². The maximum Gasteiger partial charge on any atom is 0.126 e. The van der Waals surface area contributed by atoms with Crippen LogP contribution in [0.2, 0.25) is 0 Å². The normalized spacial score (nSPS) is 20.2. The summed E-state index contributed by atoms with van der Waals surface area (Å²) in [6.45, 7) is 5.37. The van der Waals surface area contributed by atoms with Crippen molar-refractivity contribution in [1.29, 1.82) is 0 Å². The van der Waals surface area contributed by atoms with E-state index in [1.165, 1.54) is 12.0 Å². The van der Waals surface area contributed by atoms with Gasteiger partial charge >= 0.3 is 0 Å². The Morgan fingerprint density at radius 2 is 2.44 bits per heavy atom. The Labute approximate surface area is 109 Å². The predicted molar refractivity (Wildman–Crippen MR) is 73.5 cm³/mol. The van der Waals surface area contributed by atoms with E-state index >= 15 is 0 Å². The second-order valence-corrected chi connectivity index (χ2v) is 4.93. The number of hydrogen-bond acceptors (Lipinski definition) is 4. The molecule has 2 N–H and O–H groups in total. The van der Waals surface area contributed by atoms with Gasteiger partial charge in [-0.3, -0.25) is 4.90 Å². The summed E-state index contributed by atoms with van der Waals surface area (Å²) < 4.78 is 0. The third kappa shape index (κ3) is 3.43. The van der Waals surface area contributed by atoms with Crippen LogP contribution in [0.4, 0.5) is 5.82 Å². The average molecular weight is 249 g/mol. The third-order valence-corrected chi connectivity index (χ3v) is 3.48. The highest BCUT2D eigenvalue weighted by Gasteiger charge is 2.23. The number of anilines is 1. The van der Waals surface area contributed by atoms with Crippen LogP contribution >= 0.6 is 0 Å². The molecule has 18 heavy (non-hydrogen) atoms. The van der Waals surface area contributed by atoms with E-state index in [4.69, 9.17) is 0 Å². The van der Waals surface area contributed by atoms with Gasteiger partial charge in [0.2, 0.25) is 0 Å². The van der Waals surface area contributed by atoms with Gasteiger partial charge in [-0.25, -0.2) is 4.98 Å². The van der Waals surface area contributed by atoms with Gasteiger partial charge in [0.05, 0.1) is 6.61 Å². The van der Waals surface area contributed by atoms with E-state index in [0.29, 0.717) is 6.04 Å². The second kappa shape index (κ2) is 6.71. The first-order valence-corrected chi connectivity index (χ1v) is 6.87. The third-order valence-electron chi connectivity index (χ3n) is 3.48. The number of hydrogen-bond donors (Lipinski definition) is 2. The summed E-state index contributed by atoms with van der Waals surface area (Å²) >= 11 is 0. The van der Waals surface area contributed by atoms with Crippen molar-refractivity contribution in [3.05, 3.63) is 23.9 Å². The largest absolute Gasteiger partial charge is 0.395 e. The number of rotatable bonds is 6. The van der Waals surface area contributed by atoms with Gasteiger partial charge in [0.25, 0.3) is 0 Å². The highest BCUT2D eigenvalue weighted by Crippen LogP contribution is 2.20. The molecule has 1 aromatic rings. The molecule has 0 spiro atoms. The molecule has 4 heteroatoms. The summed E-state index contributed by atoms with van der Waals surface area (Å²) in [5, 5.41) is 12.6. The minimum atomic E-state index is 0.270. The Balaban J connectivity index is 1.96. The van der Waals surface area contributed by atoms with Crippen molar-refractivity contribution < 1.29 is 5.11 Å². The molecule has 0 aromatic carbocycles. The van der Waals surface area contributed by atoms with E-state index in [9.17, 15) is 5.11 Å². The average Bonchev–Trinajstić information content (AvgIpc) is 2.84. The Hall–Kier alpha value is -1.13. The standard InChI is InChI=1S/C14H23N3O/c1-2-6-15-14-9-12(5-7-16-14)10-17-8-3-4-13(17)11-18/h5,7,9,13,18H,2-4,6,8,10-11H2,1H3,(H,15,16). The molecule has 1 aromatic heterocycles. The van der Waals surface area contributed by atoms with E-state index in [2.05, 4.69) is 34.3 Å². The number of aliphatic hydroxyl groups is 1. The quantitative estimate of drug-likeness (QED) is 0.808. The van der Waals surface area contributed by atoms with Crippen molar-refractivity contribution in [2.24, 2.45) is 0 Å². The summed E-state index contributed by atoms with van der Waals surface area (Å²) in [5.74, 6) is 0.953. The monoisotopic (exact) mass is 249 g/mol. The van der Waals surface area contributed by atoms with Gasteiger partial charge in [-0.1, -0.05) is 6.92 Å². The summed E-state index contributed by atoms with van der Waals surface area (Å²) in [6, 6.07) is 4.51. The molecule has 1 fully saturated rings. The van der Waals surface area contributed by atoms with Crippen LogP contribution in [0, 0.1) is 0 Å². The van der Waals surface area contributed by atoms with E-state index in [-0.39, 0.29) is 6.61 Å². The second-order valence-electron chi connectivity index (χ2n) is 4.93. The van der Waals surface area contributed by atoms with Crippen molar-refractivity contribution in [1.82, 2.24) is 9.88 Å². The number of aliphatic hydroxyl groups excluding tert-OH is 1. The van der Waals surface area contributed by atoms with Gasteiger partial charge < -0.3 is 10.4 Å². The maximum absolute atomic E-state index is 9.32. The van der Waals surface area contributed by atoms with Crippen LogP contribution in [-0.4, -0.2) is 40.7 Å². The molecule has 1 aliphatic heterocycles. The minimum Gasteiger partial charge on any atom is -0.395 e. The van der Waals surface area contributed by atoms with Gasteiger partial charge in [-0.15, -0.1) is 0 Å². The van der Waals surface area contributed by atoms with Crippen molar-refractivity contribution in [3.8, 4) is 0 Å². The molecule has 1 saturated heterocycles. The molecule has 1 unspecified atom stereocenters. The van der Waals surface area contributed by atoms with E-state index in [0.717, 1.165) is 38.3 Å². The lowest BCUT2D eigenvalue weighted by Gasteiger charge is -2.22. The highest BCUT2D eigenvalue weighted by atomic mass is 16.3. The number of nitrogens with one attached hydrogen (secondary N) is 1. The SMILES string of the molecule is CCCNc1cc(CN2CCCC2CO)ccn1. The minimum absolute atomic E-state index is 0.270. The Kier molecular flexibility index (Phi) is 4.96. The first-order valence-electron chi connectivity index (χ1n) is 6.87. The zero-order valence-corrected chi connectivity index (χ0v) is 11.1. The summed E-state index contributed by atoms with van der Waals surface area (Å²) in [7, 11) is 0. The Bertz CT molecular complexity index is 370. The zero-order valence-electron chi connectivity index (χ0n) is 11.1. The van der Waals surface area contributed by atoms with Crippen LogP contribution in [0.25, 0.3) is 0 Å². The Morgan fingerprint density at radius 3 is 3.22 bits per heavy atom. The molecule has 0 radical (unpaired) electrons. The molecule has 0 aliphatic carbocycles. The lowest BCUT2D eigenvalue weighted by molar-refractivity contribution is 0.153. The molecule has 100 valence electrons. The van der Waals surface area contributed by atoms with Gasteiger partial charge in [-0.2, -0.15) is 0 Å². The molecule has 1 atom stereocenters. The topological polar surface area (TPSA) is 48.4 Å². The van der Waals surface area contributed by atoms with Crippen LogP contribution in [-0.2, 0) is 6.54 Å². The van der Waals surface area contributed by atoms with Crippen LogP contribution in [0.3, 0.4) is 0 Å². The predicted octanol–water partition coefficient (Wildman–Crippen LogP) is 1.86. The lowest BCUT2D eigenvalue weighted by Crippen LogP contribution is -2.31. The summed E-state index contributed by atoms with van der Waals surface area (Å²) in [4.78, 5) is 6.67. The van der Waals surface area contributed by atoms with E-state index < -0.39 is 0 Å². The van der Waals surface area contributed by atoms with Gasteiger partial charge in [0.15, 0.2) is 0 Å². The van der Waals surface area contributed by atoms with Gasteiger partial charge in [-0.05, 0) is 43.5 Å². The van der Waals surface area contributed by atoms with Crippen molar-refractivity contribution in [2.45, 2.75) is 38.8 Å². The molecule has 0 saturated carbocycles. The highest BCUT2D eigenvalue weighted by molar-refractivity contribution is 5.37. The molecule has 2 heterocycles. The van der Waals surface area contributed by atoms with E-state index in [1.807, 2.05) is 6.20 Å². The molecule has 1 aliphatic rings. The van der Waals surface area contributed by atoms with Crippen LogP contribution in [0.1, 0.15) is 31.7 Å². The van der Waals surface area contributed by atoms with Crippen molar-refractivity contribution in [3.63, 3.8) is 0 Å². The molecule has 0 bridgehead atoms. The zero-order chi connectivity index (χ0) is 12.8. The van der Waals surface area contributed by atoms with E-state index in [1.54, 1.807) is 0 Å². The van der Waals surface area contributed by atoms with Gasteiger partial charge in [0, 0.05) is 25.3 Å². The molecule has 4 nitrogen and oxygen atoms in total. The number of pyridine rings is 1. The number of likely N-dealkylation sites (tertiary alicyclic amines) is 1. The first-order chi connectivity index (χ1) is 8.83. The lowest BCUT2D eigenvalue weighted by atomic mass is 10.2. The smallest absolute Gasteiger partial charge is 0.126 e. The fourth-order valence-electron chi connectivity index (χ4n) is 2.47. The summed E-state index contributed by atoms with van der Waals surface area (Å²) in [5.41, 5.74) is 1.27. The summed E-state index contributed by atoms with van der Waals surface area (Å²) in [6.07, 6.45) is 5.27. The number of nitrogens with zero attached hydrogens (tertiary/aromatic N) is 2. The Morgan fingerprint density at radius 1 is 1.56 bits per heavy atom. The molecule has 0 amide bonds. The molecular weight excluding hydrogens is 226 g/mol.